The van der Waals surface area contributed by atoms with Crippen molar-refractivity contribution in [2.75, 3.05) is 0 Å². The van der Waals surface area contributed by atoms with Crippen molar-refractivity contribution in [2.24, 2.45) is 0 Å². The molecule has 2 nitrogen and oxygen atoms in total. The largest absolute Gasteiger partial charge is 0.456 e. The molecular weight excluding hydrogens is 657 g/mol. The van der Waals surface area contributed by atoms with Crippen LogP contribution in [-0.4, -0.2) is 0 Å². The SMILES string of the molecule is [2H]c1c([2H])c(-c2c3c([2H])c([2H])c([2H])c([2H])c3c(-c3c4oc5c([2H])c([2H])c([2H])c([2H])c5c4c([2H])c4oc5c([2H])c([2H])c([2H])c([2H])c5c34)c3c([2H])c([2H])c([2H])c([2H])c23)c([2H])c(-c2c([2H])c3c([2H])c([2H])c([2H])c([2H])c3c3c([2H])c([2H])c([2H])c([2H])c23)c1[2H]. The Bertz CT molecular complexity index is 5160. The average Bonchev–Trinajstić information content (AvgIpc) is 1.15. The molecule has 0 N–H and O–H groups in total. The number of hydrogen-bond acceptors (Lipinski definition) is 2. The van der Waals surface area contributed by atoms with Crippen LogP contribution in [0.15, 0.2) is 190 Å². The summed E-state index contributed by atoms with van der Waals surface area (Å²) in [6, 6.07) is -28.5. The van der Waals surface area contributed by atoms with E-state index in [2.05, 4.69) is 0 Å². The minimum Gasteiger partial charge on any atom is -0.456 e. The van der Waals surface area contributed by atoms with Crippen molar-refractivity contribution in [1.29, 1.82) is 0 Å². The lowest BCUT2D eigenvalue weighted by Gasteiger charge is -2.19. The highest BCUT2D eigenvalue weighted by atomic mass is 16.3. The van der Waals surface area contributed by atoms with E-state index in [0.717, 1.165) is 0 Å². The Kier molecular flexibility index (Phi) is 2.64. The van der Waals surface area contributed by atoms with Crippen molar-refractivity contribution < 1.29 is 50.0 Å². The van der Waals surface area contributed by atoms with Gasteiger partial charge in [0.2, 0.25) is 0 Å². The molecule has 12 rings (SSSR count). The van der Waals surface area contributed by atoms with Crippen molar-refractivity contribution in [3.8, 4) is 33.4 Å². The van der Waals surface area contributed by atoms with Crippen LogP contribution < -0.4 is 0 Å². The first-order valence-electron chi connectivity index (χ1n) is 31.1. The lowest BCUT2D eigenvalue weighted by Crippen LogP contribution is -1.92. The maximum Gasteiger partial charge on any atom is 0.144 e. The molecule has 0 aliphatic carbocycles. The molecular formula is C52H30O2. The molecule has 0 radical (unpaired) electrons. The molecule has 0 spiro atoms. The van der Waals surface area contributed by atoms with Gasteiger partial charge >= 0.3 is 0 Å². The quantitative estimate of drug-likeness (QED) is 0.134. The maximum atomic E-state index is 10.2. The summed E-state index contributed by atoms with van der Waals surface area (Å²) in [6.45, 7) is 0. The molecule has 0 amide bonds. The number of rotatable bonds is 3. The standard InChI is InChI=1S/C52H30O2/c1-2-17-34-32(14-1)29-43(36-19-4-3-18-35(34)36)31-15-13-16-33(28-31)48-38-21-5-7-23-40(38)49(41-24-8-6-22-39(41)48)51-50-42-25-10-12-27-46(42)53-47(50)30-44-37-20-9-11-26-45(37)54-52(44)51/h1-30H/i1D,2D,3D,4D,5D,6D,7D,8D,9D,10D,11D,12D,13D,14D,15D,16D,17D,18D,19D,20D,21D,22D,23D,24D,25D,26D,27D,28D,29D,30D. The predicted molar refractivity (Wildman–Crippen MR) is 227 cm³/mol. The van der Waals surface area contributed by atoms with Crippen molar-refractivity contribution in [3.05, 3.63) is 181 Å². The van der Waals surface area contributed by atoms with Gasteiger partial charge in [0, 0.05) is 32.7 Å². The van der Waals surface area contributed by atoms with Gasteiger partial charge in [0.1, 0.15) is 22.3 Å². The van der Waals surface area contributed by atoms with Gasteiger partial charge in [-0.05, 0) is 95.6 Å². The van der Waals surface area contributed by atoms with Crippen LogP contribution in [0.4, 0.5) is 0 Å². The van der Waals surface area contributed by atoms with E-state index in [-0.39, 0.29) is 0 Å². The van der Waals surface area contributed by atoms with Gasteiger partial charge in [-0.15, -0.1) is 0 Å². The number of furan rings is 2. The Hall–Kier alpha value is -7.16. The van der Waals surface area contributed by atoms with Crippen LogP contribution in [0.3, 0.4) is 0 Å². The van der Waals surface area contributed by atoms with Gasteiger partial charge in [-0.1, -0.05) is 151 Å². The Morgan fingerprint density at radius 2 is 0.852 bits per heavy atom. The number of benzene rings is 10. The minimum atomic E-state index is -1.15. The summed E-state index contributed by atoms with van der Waals surface area (Å²) >= 11 is 0. The van der Waals surface area contributed by atoms with E-state index in [9.17, 15) is 16.4 Å². The summed E-state index contributed by atoms with van der Waals surface area (Å²) in [6.07, 6.45) is 0. The molecule has 0 aliphatic heterocycles. The molecule has 0 saturated heterocycles. The number of hydrogen-bond donors (Lipinski definition) is 0. The zero-order chi connectivity index (χ0) is 61.4. The summed E-state index contributed by atoms with van der Waals surface area (Å²) < 4.78 is 287. The molecule has 10 aromatic carbocycles. The van der Waals surface area contributed by atoms with E-state index >= 15 is 0 Å². The van der Waals surface area contributed by atoms with Gasteiger partial charge < -0.3 is 8.83 Å². The fourth-order valence-corrected chi connectivity index (χ4v) is 7.10. The summed E-state index contributed by atoms with van der Waals surface area (Å²) in [5, 5.41) is -7.81. The van der Waals surface area contributed by atoms with Crippen LogP contribution in [0, 0.1) is 0 Å². The molecule has 2 heterocycles. The van der Waals surface area contributed by atoms with Crippen molar-refractivity contribution in [2.45, 2.75) is 0 Å². The number of para-hydroxylation sites is 2. The first kappa shape index (κ1) is 12.8. The lowest BCUT2D eigenvalue weighted by atomic mass is 9.83. The van der Waals surface area contributed by atoms with E-state index in [0.29, 0.717) is 0 Å². The average molecular weight is 717 g/mol. The highest BCUT2D eigenvalue weighted by Crippen LogP contribution is 2.51. The van der Waals surface area contributed by atoms with Gasteiger partial charge in [-0.25, -0.2) is 0 Å². The van der Waals surface area contributed by atoms with Gasteiger partial charge in [0.25, 0.3) is 0 Å². The van der Waals surface area contributed by atoms with E-state index < -0.39 is 302 Å². The molecule has 0 aliphatic rings. The molecule has 0 unspecified atom stereocenters. The van der Waals surface area contributed by atoms with E-state index in [1.807, 2.05) is 0 Å². The fraction of sp³-hybridized carbons (Fsp3) is 0. The summed E-state index contributed by atoms with van der Waals surface area (Å²) in [7, 11) is 0. The van der Waals surface area contributed by atoms with Crippen LogP contribution in [0.1, 0.15) is 41.1 Å². The molecule has 0 bridgehead atoms. The van der Waals surface area contributed by atoms with Crippen LogP contribution in [0.5, 0.6) is 0 Å². The molecule has 250 valence electrons. The van der Waals surface area contributed by atoms with Crippen LogP contribution in [-0.2, 0) is 0 Å². The molecule has 0 atom stereocenters. The molecule has 2 heteroatoms. The minimum absolute atomic E-state index is 0.475. The normalized spacial score (nSPS) is 19.9. The van der Waals surface area contributed by atoms with Crippen LogP contribution in [0.2, 0.25) is 0 Å². The molecule has 2 aromatic heterocycles. The monoisotopic (exact) mass is 716 g/mol. The Morgan fingerprint density at radius 3 is 1.57 bits per heavy atom. The van der Waals surface area contributed by atoms with Gasteiger partial charge in [-0.2, -0.15) is 0 Å². The fourth-order valence-electron chi connectivity index (χ4n) is 7.10. The zero-order valence-corrected chi connectivity index (χ0v) is 26.8. The van der Waals surface area contributed by atoms with Gasteiger partial charge in [0.05, 0.1) is 41.1 Å². The van der Waals surface area contributed by atoms with Crippen molar-refractivity contribution >= 4 is 87.0 Å². The van der Waals surface area contributed by atoms with Crippen LogP contribution >= 0.6 is 0 Å². The van der Waals surface area contributed by atoms with Gasteiger partial charge in [-0.3, -0.25) is 0 Å². The van der Waals surface area contributed by atoms with Crippen LogP contribution in [0.25, 0.3) is 120 Å². The Balaban J connectivity index is 1.42. The van der Waals surface area contributed by atoms with E-state index in [1.165, 1.54) is 0 Å². The second-order valence-electron chi connectivity index (χ2n) is 12.0. The maximum absolute atomic E-state index is 10.2. The highest BCUT2D eigenvalue weighted by Gasteiger charge is 2.25. The summed E-state index contributed by atoms with van der Waals surface area (Å²) in [4.78, 5) is 0. The summed E-state index contributed by atoms with van der Waals surface area (Å²) in [5.41, 5.74) is -7.41. The predicted octanol–water partition coefficient (Wildman–Crippen LogP) is 15.1. The zero-order valence-electron chi connectivity index (χ0n) is 56.8. The van der Waals surface area contributed by atoms with Crippen molar-refractivity contribution in [1.82, 2.24) is 0 Å². The second-order valence-corrected chi connectivity index (χ2v) is 12.0. The third-order valence-electron chi connectivity index (χ3n) is 9.26. The first-order valence-corrected chi connectivity index (χ1v) is 16.1. The first-order chi connectivity index (χ1) is 39.3. The van der Waals surface area contributed by atoms with E-state index in [4.69, 9.17) is 33.5 Å². The smallest absolute Gasteiger partial charge is 0.144 e. The third-order valence-corrected chi connectivity index (χ3v) is 9.26. The molecule has 0 saturated carbocycles. The number of fused-ring (bicyclic) bond motifs is 11. The molecule has 12 aromatic rings. The Morgan fingerprint density at radius 1 is 0.315 bits per heavy atom. The molecule has 0 fully saturated rings. The van der Waals surface area contributed by atoms with Crippen molar-refractivity contribution in [3.63, 3.8) is 0 Å². The second kappa shape index (κ2) is 11.2. The van der Waals surface area contributed by atoms with E-state index in [1.54, 1.807) is 0 Å². The lowest BCUT2D eigenvalue weighted by molar-refractivity contribution is 0.664. The Labute approximate surface area is 352 Å². The molecule has 54 heavy (non-hydrogen) atoms. The topological polar surface area (TPSA) is 26.3 Å². The van der Waals surface area contributed by atoms with Gasteiger partial charge in [0.15, 0.2) is 0 Å². The summed E-state index contributed by atoms with van der Waals surface area (Å²) in [5.74, 6) is 0. The highest BCUT2D eigenvalue weighted by molar-refractivity contribution is 6.31. The third kappa shape index (κ3) is 4.11.